The number of nitrogens with zero attached hydrogens (tertiary/aromatic N) is 1. The summed E-state index contributed by atoms with van der Waals surface area (Å²) in [6.07, 6.45) is 5.83. The van der Waals surface area contributed by atoms with Gasteiger partial charge in [-0.1, -0.05) is 34.9 Å². The van der Waals surface area contributed by atoms with Crippen molar-refractivity contribution >= 4 is 33.5 Å². The van der Waals surface area contributed by atoms with Crippen molar-refractivity contribution in [1.82, 2.24) is 4.90 Å². The second-order valence-electron chi connectivity index (χ2n) is 4.89. The molecule has 0 bridgehead atoms. The topological polar surface area (TPSA) is 46.6 Å². The zero-order valence-electron chi connectivity index (χ0n) is 12.4. The molecule has 1 amide bonds. The molecule has 0 spiro atoms. The van der Waals surface area contributed by atoms with E-state index in [4.69, 9.17) is 0 Å². The molecule has 0 aromatic carbocycles. The molecule has 0 aromatic rings. The van der Waals surface area contributed by atoms with Gasteiger partial charge in [0, 0.05) is 25.1 Å². The molecular weight excluding hydrogens is 294 g/mol. The first kappa shape index (κ1) is 17.7. The molecule has 1 atom stereocenters. The number of rotatable bonds is 9. The second-order valence-corrected chi connectivity index (χ2v) is 7.55. The van der Waals surface area contributed by atoms with Crippen molar-refractivity contribution < 1.29 is 14.3 Å². The van der Waals surface area contributed by atoms with E-state index < -0.39 is 0 Å². The van der Waals surface area contributed by atoms with Crippen molar-refractivity contribution in [3.63, 3.8) is 0 Å². The summed E-state index contributed by atoms with van der Waals surface area (Å²) in [5.74, 6) is 1.22. The quantitative estimate of drug-likeness (QED) is 0.370. The molecule has 1 unspecified atom stereocenters. The molecule has 0 aromatic heterocycles. The number of hydrogen-bond acceptors (Lipinski definition) is 5. The van der Waals surface area contributed by atoms with Gasteiger partial charge in [0.05, 0.1) is 12.5 Å². The molecular formula is C14H25NO3S2. The van der Waals surface area contributed by atoms with Gasteiger partial charge in [0.1, 0.15) is 0 Å². The third-order valence-corrected chi connectivity index (χ3v) is 6.12. The Labute approximate surface area is 129 Å². The summed E-state index contributed by atoms with van der Waals surface area (Å²) in [6.45, 7) is 2.87. The lowest BCUT2D eigenvalue weighted by Gasteiger charge is -2.28. The van der Waals surface area contributed by atoms with E-state index in [1.54, 1.807) is 0 Å². The van der Waals surface area contributed by atoms with Gasteiger partial charge in [-0.25, -0.2) is 0 Å². The molecule has 4 nitrogen and oxygen atoms in total. The van der Waals surface area contributed by atoms with Crippen LogP contribution in [0.3, 0.4) is 0 Å². The van der Waals surface area contributed by atoms with E-state index in [1.165, 1.54) is 7.11 Å². The number of carbonyl (C=O) groups is 2. The molecule has 1 aliphatic rings. The van der Waals surface area contributed by atoms with Gasteiger partial charge >= 0.3 is 5.97 Å². The summed E-state index contributed by atoms with van der Waals surface area (Å²) in [7, 11) is 5.07. The Kier molecular flexibility index (Phi) is 9.18. The minimum atomic E-state index is -0.167. The molecule has 0 N–H and O–H groups in total. The van der Waals surface area contributed by atoms with Crippen molar-refractivity contribution in [1.29, 1.82) is 0 Å². The second kappa shape index (κ2) is 10.4. The molecule has 0 saturated carbocycles. The number of amides is 1. The van der Waals surface area contributed by atoms with E-state index in [1.807, 2.05) is 26.5 Å². The Morgan fingerprint density at radius 1 is 1.25 bits per heavy atom. The Balaban J connectivity index is 2.37. The Morgan fingerprint density at radius 3 is 2.65 bits per heavy atom. The molecule has 1 rings (SSSR count). The molecule has 116 valence electrons. The van der Waals surface area contributed by atoms with Crippen molar-refractivity contribution in [3.05, 3.63) is 0 Å². The van der Waals surface area contributed by atoms with E-state index >= 15 is 0 Å². The van der Waals surface area contributed by atoms with E-state index in [0.29, 0.717) is 18.2 Å². The minimum absolute atomic E-state index is 0.167. The number of carbonyl (C=O) groups excluding carboxylic acids is 2. The molecule has 1 saturated heterocycles. The number of esters is 1. The van der Waals surface area contributed by atoms with Gasteiger partial charge in [0.2, 0.25) is 5.91 Å². The molecule has 1 aliphatic heterocycles. The van der Waals surface area contributed by atoms with Crippen LogP contribution in [0.25, 0.3) is 0 Å². The fraction of sp³-hybridized carbons (Fsp3) is 0.857. The van der Waals surface area contributed by atoms with Gasteiger partial charge in [-0.05, 0) is 25.7 Å². The number of hydrogen-bond donors (Lipinski definition) is 0. The van der Waals surface area contributed by atoms with Crippen LogP contribution in [0.2, 0.25) is 0 Å². The predicted octanol–water partition coefficient (Wildman–Crippen LogP) is 3.46. The van der Waals surface area contributed by atoms with E-state index in [9.17, 15) is 9.59 Å². The van der Waals surface area contributed by atoms with E-state index in [-0.39, 0.29) is 11.9 Å². The van der Waals surface area contributed by atoms with Gasteiger partial charge in [0.25, 0.3) is 0 Å². The van der Waals surface area contributed by atoms with E-state index in [2.05, 4.69) is 11.7 Å². The first-order chi connectivity index (χ1) is 9.69. The van der Waals surface area contributed by atoms with Crippen LogP contribution in [0.1, 0.15) is 51.9 Å². The van der Waals surface area contributed by atoms with Gasteiger partial charge in [0.15, 0.2) is 0 Å². The van der Waals surface area contributed by atoms with Crippen LogP contribution < -0.4 is 0 Å². The summed E-state index contributed by atoms with van der Waals surface area (Å²) in [5, 5.41) is 0.322. The van der Waals surface area contributed by atoms with Gasteiger partial charge in [-0.2, -0.15) is 0 Å². The smallest absolute Gasteiger partial charge is 0.305 e. The van der Waals surface area contributed by atoms with Crippen molar-refractivity contribution in [3.8, 4) is 0 Å². The lowest BCUT2D eigenvalue weighted by Crippen LogP contribution is -2.38. The highest BCUT2D eigenvalue weighted by molar-refractivity contribution is 8.77. The maximum Gasteiger partial charge on any atom is 0.305 e. The Morgan fingerprint density at radius 2 is 2.05 bits per heavy atom. The summed E-state index contributed by atoms with van der Waals surface area (Å²) in [5.41, 5.74) is 0. The third kappa shape index (κ3) is 6.39. The van der Waals surface area contributed by atoms with Crippen molar-refractivity contribution in [2.24, 2.45) is 0 Å². The first-order valence-electron chi connectivity index (χ1n) is 7.33. The number of ether oxygens (including phenoxy) is 1. The molecule has 6 heteroatoms. The third-order valence-electron chi connectivity index (χ3n) is 3.30. The highest BCUT2D eigenvalue weighted by Gasteiger charge is 2.27. The number of unbranched alkanes of at least 4 members (excludes halogenated alkanes) is 2. The summed E-state index contributed by atoms with van der Waals surface area (Å²) < 4.78 is 4.63. The highest BCUT2D eigenvalue weighted by Crippen LogP contribution is 2.39. The predicted molar refractivity (Wildman–Crippen MR) is 85.6 cm³/mol. The van der Waals surface area contributed by atoms with Gasteiger partial charge in [-0.15, -0.1) is 0 Å². The van der Waals surface area contributed by atoms with Crippen LogP contribution in [0.5, 0.6) is 0 Å². The minimum Gasteiger partial charge on any atom is -0.469 e. The van der Waals surface area contributed by atoms with Gasteiger partial charge in [-0.3, -0.25) is 9.59 Å². The molecule has 20 heavy (non-hydrogen) atoms. The Hall–Kier alpha value is -0.360. The average Bonchev–Trinajstić information content (AvgIpc) is 2.98. The number of methoxy groups -OCH3 is 1. The van der Waals surface area contributed by atoms with Crippen LogP contribution in [0.15, 0.2) is 0 Å². The normalized spacial score (nSPS) is 18.0. The summed E-state index contributed by atoms with van der Waals surface area (Å²) in [4.78, 5) is 25.4. The zero-order chi connectivity index (χ0) is 14.8. The van der Waals surface area contributed by atoms with Crippen LogP contribution in [0.4, 0.5) is 0 Å². The highest BCUT2D eigenvalue weighted by atomic mass is 33.1. The molecule has 0 radical (unpaired) electrons. The van der Waals surface area contributed by atoms with Crippen molar-refractivity contribution in [2.75, 3.05) is 19.4 Å². The molecule has 1 heterocycles. The maximum absolute atomic E-state index is 12.3. The van der Waals surface area contributed by atoms with Crippen LogP contribution in [0, 0.1) is 0 Å². The fourth-order valence-corrected chi connectivity index (χ4v) is 5.00. The van der Waals surface area contributed by atoms with Crippen LogP contribution in [-0.2, 0) is 14.3 Å². The van der Waals surface area contributed by atoms with Crippen LogP contribution >= 0.6 is 21.6 Å². The standard InChI is InChI=1S/C14H25NO3S2/c1-3-4-7-12(16)15(13-9-11-19-20-13)10-6-5-8-14(17)18-2/h13H,3-11H2,1-2H3. The Bertz CT molecular complexity index is 307. The summed E-state index contributed by atoms with van der Waals surface area (Å²) >= 11 is 0. The van der Waals surface area contributed by atoms with E-state index in [0.717, 1.165) is 44.4 Å². The lowest BCUT2D eigenvalue weighted by molar-refractivity contribution is -0.140. The lowest BCUT2D eigenvalue weighted by atomic mass is 10.2. The average molecular weight is 319 g/mol. The first-order valence-corrected chi connectivity index (χ1v) is 9.71. The zero-order valence-corrected chi connectivity index (χ0v) is 14.1. The monoisotopic (exact) mass is 319 g/mol. The van der Waals surface area contributed by atoms with Crippen LogP contribution in [-0.4, -0.2) is 41.6 Å². The van der Waals surface area contributed by atoms with Crippen molar-refractivity contribution in [2.45, 2.75) is 57.2 Å². The summed E-state index contributed by atoms with van der Waals surface area (Å²) in [6, 6.07) is 0. The SMILES string of the molecule is CCCCC(=O)N(CCCCC(=O)OC)C1CCSS1. The maximum atomic E-state index is 12.3. The largest absolute Gasteiger partial charge is 0.469 e. The molecule has 0 aliphatic carbocycles. The fourth-order valence-electron chi connectivity index (χ4n) is 2.09. The molecule has 1 fully saturated rings. The van der Waals surface area contributed by atoms with Gasteiger partial charge < -0.3 is 9.64 Å².